The molecule has 0 radical (unpaired) electrons. The number of aromatic nitrogens is 1. The minimum atomic E-state index is -0.311. The lowest BCUT2D eigenvalue weighted by atomic mass is 10.2. The molecule has 13 heavy (non-hydrogen) atoms. The number of hydrogen-bond acceptors (Lipinski definition) is 2. The van der Waals surface area contributed by atoms with Gasteiger partial charge in [-0.25, -0.2) is 9.37 Å². The van der Waals surface area contributed by atoms with Crippen LogP contribution >= 0.6 is 0 Å². The lowest BCUT2D eigenvalue weighted by molar-refractivity contribution is 0.639. The van der Waals surface area contributed by atoms with E-state index in [4.69, 9.17) is 5.26 Å². The number of benzene rings is 1. The number of nitriles is 1. The molecule has 2 rings (SSSR count). The number of pyridine rings is 1. The minimum absolute atomic E-state index is 0.304. The molecule has 0 amide bonds. The summed E-state index contributed by atoms with van der Waals surface area (Å²) >= 11 is 0. The average Bonchev–Trinajstić information content (AvgIpc) is 2.18. The summed E-state index contributed by atoms with van der Waals surface area (Å²) in [7, 11) is 0. The molecule has 0 saturated carbocycles. The molecule has 62 valence electrons. The molecule has 2 nitrogen and oxygen atoms in total. The third-order valence-electron chi connectivity index (χ3n) is 1.79. The van der Waals surface area contributed by atoms with Gasteiger partial charge in [-0.15, -0.1) is 0 Å². The smallest absolute Gasteiger partial charge is 0.141 e. The van der Waals surface area contributed by atoms with Crippen molar-refractivity contribution < 1.29 is 4.39 Å². The van der Waals surface area contributed by atoms with Gasteiger partial charge in [0.1, 0.15) is 17.6 Å². The van der Waals surface area contributed by atoms with Crippen LogP contribution in [0.15, 0.2) is 30.3 Å². The van der Waals surface area contributed by atoms with Gasteiger partial charge in [0.2, 0.25) is 0 Å². The van der Waals surface area contributed by atoms with E-state index >= 15 is 0 Å². The summed E-state index contributed by atoms with van der Waals surface area (Å²) in [5.41, 5.74) is 0.817. The monoisotopic (exact) mass is 172 g/mol. The first-order valence-corrected chi connectivity index (χ1v) is 3.76. The highest BCUT2D eigenvalue weighted by atomic mass is 19.1. The Balaban J connectivity index is 2.82. The molecular weight excluding hydrogens is 167 g/mol. The minimum Gasteiger partial charge on any atom is -0.237 e. The molecule has 1 aromatic carbocycles. The lowest BCUT2D eigenvalue weighted by Crippen LogP contribution is -1.86. The quantitative estimate of drug-likeness (QED) is 0.611. The summed E-state index contributed by atoms with van der Waals surface area (Å²) in [6, 6.07) is 9.60. The molecule has 0 aliphatic carbocycles. The second kappa shape index (κ2) is 2.83. The van der Waals surface area contributed by atoms with E-state index in [0.717, 1.165) is 0 Å². The van der Waals surface area contributed by atoms with Crippen LogP contribution in [0.3, 0.4) is 0 Å². The van der Waals surface area contributed by atoms with Crippen LogP contribution in [0.1, 0.15) is 5.69 Å². The van der Waals surface area contributed by atoms with Crippen LogP contribution in [-0.2, 0) is 0 Å². The third-order valence-corrected chi connectivity index (χ3v) is 1.79. The van der Waals surface area contributed by atoms with Crippen molar-refractivity contribution in [3.63, 3.8) is 0 Å². The maximum atomic E-state index is 13.1. The predicted octanol–water partition coefficient (Wildman–Crippen LogP) is 2.25. The zero-order valence-electron chi connectivity index (χ0n) is 6.66. The second-order valence-corrected chi connectivity index (χ2v) is 2.61. The molecule has 0 saturated heterocycles. The zero-order valence-corrected chi connectivity index (χ0v) is 6.66. The number of fused-ring (bicyclic) bond motifs is 1. The fourth-order valence-corrected chi connectivity index (χ4v) is 1.18. The Morgan fingerprint density at radius 1 is 1.23 bits per heavy atom. The Morgan fingerprint density at radius 3 is 2.85 bits per heavy atom. The maximum absolute atomic E-state index is 13.1. The molecule has 0 atom stereocenters. The van der Waals surface area contributed by atoms with E-state index in [1.165, 1.54) is 12.1 Å². The molecule has 0 N–H and O–H groups in total. The summed E-state index contributed by atoms with van der Waals surface area (Å²) in [4.78, 5) is 3.95. The van der Waals surface area contributed by atoms with Crippen molar-refractivity contribution >= 4 is 10.9 Å². The maximum Gasteiger partial charge on any atom is 0.141 e. The Hall–Kier alpha value is -1.95. The molecule has 0 fully saturated rings. The van der Waals surface area contributed by atoms with E-state index in [0.29, 0.717) is 16.6 Å². The van der Waals surface area contributed by atoms with Gasteiger partial charge in [0.15, 0.2) is 0 Å². The van der Waals surface area contributed by atoms with E-state index in [-0.39, 0.29) is 5.82 Å². The molecule has 1 heterocycles. The summed E-state index contributed by atoms with van der Waals surface area (Å²) in [6.07, 6.45) is 0. The van der Waals surface area contributed by atoms with Gasteiger partial charge in [0, 0.05) is 5.39 Å². The number of rotatable bonds is 0. The number of halogens is 1. The van der Waals surface area contributed by atoms with Gasteiger partial charge in [0.05, 0.1) is 5.52 Å². The molecule has 0 unspecified atom stereocenters. The van der Waals surface area contributed by atoms with Crippen molar-refractivity contribution in [3.8, 4) is 6.07 Å². The number of hydrogen-bond donors (Lipinski definition) is 0. The topological polar surface area (TPSA) is 36.7 Å². The molecule has 3 heteroatoms. The van der Waals surface area contributed by atoms with Crippen LogP contribution in [0, 0.1) is 17.1 Å². The highest BCUT2D eigenvalue weighted by Gasteiger charge is 2.01. The Morgan fingerprint density at radius 2 is 2.08 bits per heavy atom. The highest BCUT2D eigenvalue weighted by Crippen LogP contribution is 2.15. The molecule has 0 spiro atoms. The standard InChI is InChI=1S/C10H5FN2/c11-9-2-1-3-10-8(9)5-4-7(6-12)13-10/h1-5H. The van der Waals surface area contributed by atoms with Crippen molar-refractivity contribution in [1.29, 1.82) is 5.26 Å². The van der Waals surface area contributed by atoms with E-state index < -0.39 is 0 Å². The Bertz CT molecular complexity index is 500. The highest BCUT2D eigenvalue weighted by molar-refractivity contribution is 5.79. The predicted molar refractivity (Wildman–Crippen MR) is 46.4 cm³/mol. The van der Waals surface area contributed by atoms with Gasteiger partial charge in [-0.2, -0.15) is 5.26 Å². The third kappa shape index (κ3) is 1.23. The van der Waals surface area contributed by atoms with Crippen molar-refractivity contribution in [3.05, 3.63) is 41.8 Å². The van der Waals surface area contributed by atoms with Crippen molar-refractivity contribution in [2.75, 3.05) is 0 Å². The van der Waals surface area contributed by atoms with Gasteiger partial charge >= 0.3 is 0 Å². The largest absolute Gasteiger partial charge is 0.237 e. The van der Waals surface area contributed by atoms with E-state index in [1.54, 1.807) is 18.2 Å². The molecule has 0 aliphatic heterocycles. The van der Waals surface area contributed by atoms with Crippen LogP contribution < -0.4 is 0 Å². The fourth-order valence-electron chi connectivity index (χ4n) is 1.18. The zero-order chi connectivity index (χ0) is 9.26. The molecule has 1 aromatic heterocycles. The fraction of sp³-hybridized carbons (Fsp3) is 0. The normalized spacial score (nSPS) is 9.85. The summed E-state index contributed by atoms with van der Waals surface area (Å²) < 4.78 is 13.1. The van der Waals surface area contributed by atoms with E-state index in [9.17, 15) is 4.39 Å². The Labute approximate surface area is 74.3 Å². The molecule has 2 aromatic rings. The lowest BCUT2D eigenvalue weighted by Gasteiger charge is -1.97. The van der Waals surface area contributed by atoms with Crippen LogP contribution in [0.25, 0.3) is 10.9 Å². The summed E-state index contributed by atoms with van der Waals surface area (Å²) in [5, 5.41) is 9.01. The van der Waals surface area contributed by atoms with E-state index in [2.05, 4.69) is 4.98 Å². The number of nitrogens with zero attached hydrogens (tertiary/aromatic N) is 2. The first-order valence-electron chi connectivity index (χ1n) is 3.76. The first-order chi connectivity index (χ1) is 6.31. The van der Waals surface area contributed by atoms with Gasteiger partial charge in [-0.05, 0) is 24.3 Å². The van der Waals surface area contributed by atoms with Crippen LogP contribution in [0.2, 0.25) is 0 Å². The summed E-state index contributed by atoms with van der Waals surface area (Å²) in [6.45, 7) is 0. The van der Waals surface area contributed by atoms with Gasteiger partial charge in [-0.3, -0.25) is 0 Å². The van der Waals surface area contributed by atoms with Crippen molar-refractivity contribution in [2.24, 2.45) is 0 Å². The second-order valence-electron chi connectivity index (χ2n) is 2.61. The van der Waals surface area contributed by atoms with Gasteiger partial charge in [-0.1, -0.05) is 6.07 Å². The van der Waals surface area contributed by atoms with Crippen LogP contribution in [0.5, 0.6) is 0 Å². The first kappa shape index (κ1) is 7.69. The molecule has 0 bridgehead atoms. The summed E-state index contributed by atoms with van der Waals surface area (Å²) in [5.74, 6) is -0.311. The molecule has 0 aliphatic rings. The van der Waals surface area contributed by atoms with Crippen LogP contribution in [-0.4, -0.2) is 4.98 Å². The molecular formula is C10H5FN2. The van der Waals surface area contributed by atoms with Crippen molar-refractivity contribution in [1.82, 2.24) is 4.98 Å². The van der Waals surface area contributed by atoms with Gasteiger partial charge in [0.25, 0.3) is 0 Å². The SMILES string of the molecule is N#Cc1ccc2c(F)cccc2n1. The van der Waals surface area contributed by atoms with E-state index in [1.807, 2.05) is 6.07 Å². The van der Waals surface area contributed by atoms with Crippen LogP contribution in [0.4, 0.5) is 4.39 Å². The van der Waals surface area contributed by atoms with Gasteiger partial charge < -0.3 is 0 Å². The average molecular weight is 172 g/mol. The Kier molecular flexibility index (Phi) is 1.67. The van der Waals surface area contributed by atoms with Crippen molar-refractivity contribution in [2.45, 2.75) is 0 Å².